The summed E-state index contributed by atoms with van der Waals surface area (Å²) in [7, 11) is 0. The molecule has 0 amide bonds. The maximum atomic E-state index is 10.8. The summed E-state index contributed by atoms with van der Waals surface area (Å²) in [5, 5.41) is 12.8. The molecule has 92 valence electrons. The summed E-state index contributed by atoms with van der Waals surface area (Å²) in [5.41, 5.74) is 0.0914. The maximum Gasteiger partial charge on any atom is 0.354 e. The first-order valence-corrected chi connectivity index (χ1v) is 6.99. The van der Waals surface area contributed by atoms with Crippen LogP contribution in [0.5, 0.6) is 0 Å². The molecule has 0 radical (unpaired) electrons. The van der Waals surface area contributed by atoms with E-state index in [4.69, 9.17) is 5.11 Å². The number of thioether (sulfide) groups is 1. The minimum atomic E-state index is -0.985. The Bertz CT molecular complexity index is 411. The summed E-state index contributed by atoms with van der Waals surface area (Å²) >= 11 is 1.86. The molecule has 1 aromatic heterocycles. The number of carboxylic acid groups (broad SMARTS) is 1. The highest BCUT2D eigenvalue weighted by Crippen LogP contribution is 2.30. The number of carbonyl (C=O) groups is 1. The van der Waals surface area contributed by atoms with E-state index in [0.29, 0.717) is 17.1 Å². The number of hydrogen-bond acceptors (Lipinski definition) is 4. The Hall–Kier alpha value is -1.23. The lowest BCUT2D eigenvalue weighted by Gasteiger charge is -2.19. The molecule has 2 rings (SSSR count). The fourth-order valence-corrected chi connectivity index (χ4v) is 3.13. The van der Waals surface area contributed by atoms with Gasteiger partial charge in [0, 0.05) is 11.3 Å². The second-order valence-electron chi connectivity index (χ2n) is 4.17. The lowest BCUT2D eigenvalue weighted by Crippen LogP contribution is -2.26. The Balaban J connectivity index is 2.07. The van der Waals surface area contributed by atoms with Gasteiger partial charge in [-0.1, -0.05) is 12.5 Å². The van der Waals surface area contributed by atoms with Crippen molar-refractivity contribution < 1.29 is 9.90 Å². The lowest BCUT2D eigenvalue weighted by molar-refractivity contribution is 0.0690. The van der Waals surface area contributed by atoms with Crippen LogP contribution >= 0.6 is 11.8 Å². The van der Waals surface area contributed by atoms with Gasteiger partial charge < -0.3 is 10.4 Å². The van der Waals surface area contributed by atoms with E-state index in [1.807, 2.05) is 17.8 Å². The van der Waals surface area contributed by atoms with E-state index in [-0.39, 0.29) is 5.69 Å². The van der Waals surface area contributed by atoms with E-state index in [2.05, 4.69) is 16.6 Å². The van der Waals surface area contributed by atoms with Crippen molar-refractivity contribution in [1.82, 2.24) is 4.98 Å². The number of carboxylic acids is 1. The van der Waals surface area contributed by atoms with Crippen LogP contribution < -0.4 is 5.32 Å². The molecule has 2 atom stereocenters. The molecule has 0 bridgehead atoms. The van der Waals surface area contributed by atoms with Gasteiger partial charge in [-0.25, -0.2) is 9.78 Å². The van der Waals surface area contributed by atoms with Gasteiger partial charge in [0.2, 0.25) is 0 Å². The Kier molecular flexibility index (Phi) is 3.89. The number of aromatic carboxylic acids is 1. The highest BCUT2D eigenvalue weighted by molar-refractivity contribution is 7.99. The average molecular weight is 252 g/mol. The third kappa shape index (κ3) is 2.91. The van der Waals surface area contributed by atoms with Crippen LogP contribution in [0.25, 0.3) is 0 Å². The first kappa shape index (κ1) is 12.2. The van der Waals surface area contributed by atoms with Crippen LogP contribution in [-0.4, -0.2) is 33.6 Å². The molecular weight excluding hydrogens is 236 g/mol. The molecule has 0 aromatic carbocycles. The van der Waals surface area contributed by atoms with Crippen molar-refractivity contribution in [2.45, 2.75) is 30.6 Å². The van der Waals surface area contributed by atoms with E-state index >= 15 is 0 Å². The number of hydrogen-bond donors (Lipinski definition) is 2. The monoisotopic (exact) mass is 252 g/mol. The highest BCUT2D eigenvalue weighted by atomic mass is 32.2. The highest BCUT2D eigenvalue weighted by Gasteiger charge is 2.26. The van der Waals surface area contributed by atoms with E-state index in [1.54, 1.807) is 6.07 Å². The first-order chi connectivity index (χ1) is 8.20. The number of nitrogens with zero attached hydrogens (tertiary/aromatic N) is 1. The maximum absolute atomic E-state index is 10.8. The molecule has 2 unspecified atom stereocenters. The van der Waals surface area contributed by atoms with Gasteiger partial charge in [0.15, 0.2) is 5.69 Å². The van der Waals surface area contributed by atoms with Gasteiger partial charge in [0.25, 0.3) is 0 Å². The topological polar surface area (TPSA) is 62.2 Å². The molecule has 5 heteroatoms. The van der Waals surface area contributed by atoms with Crippen molar-refractivity contribution >= 4 is 23.5 Å². The Morgan fingerprint density at radius 1 is 1.53 bits per heavy atom. The minimum absolute atomic E-state index is 0.0914. The molecule has 1 aliphatic carbocycles. The van der Waals surface area contributed by atoms with Crippen molar-refractivity contribution in [3.8, 4) is 0 Å². The molecule has 1 aliphatic rings. The van der Waals surface area contributed by atoms with Crippen molar-refractivity contribution in [3.05, 3.63) is 23.9 Å². The van der Waals surface area contributed by atoms with Gasteiger partial charge in [-0.2, -0.15) is 11.8 Å². The lowest BCUT2D eigenvalue weighted by atomic mass is 10.2. The van der Waals surface area contributed by atoms with Gasteiger partial charge in [-0.3, -0.25) is 0 Å². The zero-order valence-electron chi connectivity index (χ0n) is 9.72. The number of anilines is 1. The van der Waals surface area contributed by atoms with Crippen molar-refractivity contribution in [2.24, 2.45) is 0 Å². The third-order valence-corrected chi connectivity index (χ3v) is 4.23. The van der Waals surface area contributed by atoms with E-state index in [0.717, 1.165) is 6.42 Å². The molecule has 0 saturated heterocycles. The quantitative estimate of drug-likeness (QED) is 0.862. The summed E-state index contributed by atoms with van der Waals surface area (Å²) in [6.45, 7) is 0. The molecule has 1 aromatic rings. The van der Waals surface area contributed by atoms with Crippen LogP contribution in [0.3, 0.4) is 0 Å². The summed E-state index contributed by atoms with van der Waals surface area (Å²) < 4.78 is 0. The molecule has 0 aliphatic heterocycles. The molecule has 2 N–H and O–H groups in total. The Morgan fingerprint density at radius 3 is 3.06 bits per heavy atom. The van der Waals surface area contributed by atoms with E-state index < -0.39 is 5.97 Å². The molecule has 0 spiro atoms. The third-order valence-electron chi connectivity index (χ3n) is 3.06. The second-order valence-corrected chi connectivity index (χ2v) is 5.25. The summed E-state index contributed by atoms with van der Waals surface area (Å²) in [5.74, 6) is -0.322. The number of rotatable bonds is 4. The van der Waals surface area contributed by atoms with Gasteiger partial charge >= 0.3 is 5.97 Å². The smallest absolute Gasteiger partial charge is 0.354 e. The Labute approximate surface area is 105 Å². The zero-order chi connectivity index (χ0) is 12.3. The standard InChI is InChI=1S/C12H16N2O2S/c1-17-10-6-2-4-8(10)13-11-7-3-5-9(14-11)12(15)16/h3,5,7-8,10H,2,4,6H2,1H3,(H,13,14)(H,15,16). The average Bonchev–Trinajstić information content (AvgIpc) is 2.76. The SMILES string of the molecule is CSC1CCCC1Nc1cccc(C(=O)O)n1. The van der Waals surface area contributed by atoms with Crippen molar-refractivity contribution in [3.63, 3.8) is 0 Å². The molecule has 4 nitrogen and oxygen atoms in total. The van der Waals surface area contributed by atoms with Gasteiger partial charge in [0.05, 0.1) is 0 Å². The first-order valence-electron chi connectivity index (χ1n) is 5.70. The predicted octanol–water partition coefficient (Wildman–Crippen LogP) is 2.48. The van der Waals surface area contributed by atoms with Crippen LogP contribution in [0.15, 0.2) is 18.2 Å². The van der Waals surface area contributed by atoms with Gasteiger partial charge in [-0.05, 0) is 31.2 Å². The summed E-state index contributed by atoms with van der Waals surface area (Å²) in [6.07, 6.45) is 5.69. The van der Waals surface area contributed by atoms with Crippen LogP contribution in [0.2, 0.25) is 0 Å². The minimum Gasteiger partial charge on any atom is -0.477 e. The number of pyridine rings is 1. The molecule has 1 heterocycles. The van der Waals surface area contributed by atoms with Crippen LogP contribution in [0, 0.1) is 0 Å². The summed E-state index contributed by atoms with van der Waals surface area (Å²) in [6, 6.07) is 5.46. The number of aromatic nitrogens is 1. The molecule has 17 heavy (non-hydrogen) atoms. The predicted molar refractivity (Wildman–Crippen MR) is 69.8 cm³/mol. The fourth-order valence-electron chi connectivity index (χ4n) is 2.20. The molecule has 1 saturated carbocycles. The van der Waals surface area contributed by atoms with Crippen LogP contribution in [-0.2, 0) is 0 Å². The zero-order valence-corrected chi connectivity index (χ0v) is 10.5. The van der Waals surface area contributed by atoms with Crippen LogP contribution in [0.1, 0.15) is 29.8 Å². The van der Waals surface area contributed by atoms with Crippen molar-refractivity contribution in [1.29, 1.82) is 0 Å². The largest absolute Gasteiger partial charge is 0.477 e. The fraction of sp³-hybridized carbons (Fsp3) is 0.500. The van der Waals surface area contributed by atoms with Gasteiger partial charge in [-0.15, -0.1) is 0 Å². The normalized spacial score (nSPS) is 23.6. The van der Waals surface area contributed by atoms with Crippen LogP contribution in [0.4, 0.5) is 5.82 Å². The molecular formula is C12H16N2O2S. The number of nitrogens with one attached hydrogen (secondary N) is 1. The van der Waals surface area contributed by atoms with E-state index in [9.17, 15) is 4.79 Å². The second kappa shape index (κ2) is 5.40. The molecule has 1 fully saturated rings. The summed E-state index contributed by atoms with van der Waals surface area (Å²) in [4.78, 5) is 14.9. The van der Waals surface area contributed by atoms with E-state index in [1.165, 1.54) is 18.9 Å². The Morgan fingerprint density at radius 2 is 2.35 bits per heavy atom. The van der Waals surface area contributed by atoms with Crippen molar-refractivity contribution in [2.75, 3.05) is 11.6 Å². The van der Waals surface area contributed by atoms with Gasteiger partial charge in [0.1, 0.15) is 5.82 Å².